The second-order valence-electron chi connectivity index (χ2n) is 4.57. The Balaban J connectivity index is 2.00. The van der Waals surface area contributed by atoms with Crippen LogP contribution in [0.5, 0.6) is 0 Å². The minimum atomic E-state index is -1.08. The summed E-state index contributed by atoms with van der Waals surface area (Å²) in [6, 6.07) is 0. The van der Waals surface area contributed by atoms with Crippen LogP contribution < -0.4 is 5.32 Å². The molecule has 0 saturated heterocycles. The molecule has 0 spiro atoms. The highest BCUT2D eigenvalue weighted by atomic mass is 16.4. The van der Waals surface area contributed by atoms with Crippen molar-refractivity contribution in [2.45, 2.75) is 37.6 Å². The normalized spacial score (nSPS) is 17.3. The molecule has 1 aliphatic carbocycles. The van der Waals surface area contributed by atoms with E-state index in [1.54, 1.807) is 12.4 Å². The van der Waals surface area contributed by atoms with E-state index in [2.05, 4.69) is 15.3 Å². The van der Waals surface area contributed by atoms with Gasteiger partial charge in [0.25, 0.3) is 0 Å². The van der Waals surface area contributed by atoms with Crippen molar-refractivity contribution in [2.24, 2.45) is 0 Å². The van der Waals surface area contributed by atoms with Crippen molar-refractivity contribution in [2.75, 3.05) is 0 Å². The van der Waals surface area contributed by atoms with Crippen molar-refractivity contribution in [1.29, 1.82) is 0 Å². The fraction of sp³-hybridized carbons (Fsp3) is 0.500. The maximum absolute atomic E-state index is 11.8. The first-order valence-electron chi connectivity index (χ1n) is 5.91. The van der Waals surface area contributed by atoms with Gasteiger partial charge in [-0.1, -0.05) is 12.8 Å². The van der Waals surface area contributed by atoms with Crippen molar-refractivity contribution in [1.82, 2.24) is 15.3 Å². The molecule has 2 N–H and O–H groups in total. The Bertz CT molecular complexity index is 441. The highest BCUT2D eigenvalue weighted by Crippen LogP contribution is 2.29. The molecule has 0 aromatic carbocycles. The maximum Gasteiger partial charge on any atom is 0.329 e. The molecule has 0 bridgehead atoms. The highest BCUT2D eigenvalue weighted by molar-refractivity contribution is 5.88. The van der Waals surface area contributed by atoms with Crippen LogP contribution in [0, 0.1) is 0 Å². The van der Waals surface area contributed by atoms with Gasteiger partial charge in [-0.3, -0.25) is 4.79 Å². The average molecular weight is 249 g/mol. The van der Waals surface area contributed by atoms with Crippen molar-refractivity contribution >= 4 is 11.9 Å². The number of carboxylic acid groups (broad SMARTS) is 1. The number of aromatic nitrogens is 2. The monoisotopic (exact) mass is 249 g/mol. The van der Waals surface area contributed by atoms with Crippen molar-refractivity contribution in [3.8, 4) is 0 Å². The molecule has 0 radical (unpaired) electrons. The molecule has 1 aromatic heterocycles. The van der Waals surface area contributed by atoms with E-state index in [9.17, 15) is 14.7 Å². The van der Waals surface area contributed by atoms with E-state index in [-0.39, 0.29) is 12.3 Å². The van der Waals surface area contributed by atoms with Gasteiger partial charge < -0.3 is 10.4 Å². The van der Waals surface area contributed by atoms with Gasteiger partial charge in [0.05, 0.1) is 6.42 Å². The van der Waals surface area contributed by atoms with Crippen LogP contribution in [-0.2, 0) is 16.0 Å². The lowest BCUT2D eigenvalue weighted by Crippen LogP contribution is -2.52. The zero-order valence-electron chi connectivity index (χ0n) is 9.93. The molecule has 96 valence electrons. The number of hydrogen-bond donors (Lipinski definition) is 2. The van der Waals surface area contributed by atoms with Gasteiger partial charge in [-0.25, -0.2) is 14.8 Å². The molecule has 6 heteroatoms. The summed E-state index contributed by atoms with van der Waals surface area (Å²) >= 11 is 0. The summed E-state index contributed by atoms with van der Waals surface area (Å²) in [5.41, 5.74) is -0.402. The van der Waals surface area contributed by atoms with E-state index in [0.717, 1.165) is 12.8 Å². The fourth-order valence-electron chi connectivity index (χ4n) is 2.29. The van der Waals surface area contributed by atoms with Gasteiger partial charge in [0.2, 0.25) is 5.91 Å². The molecule has 6 nitrogen and oxygen atoms in total. The van der Waals surface area contributed by atoms with Crippen LogP contribution in [0.4, 0.5) is 0 Å². The predicted molar refractivity (Wildman–Crippen MR) is 62.7 cm³/mol. The first-order valence-corrected chi connectivity index (χ1v) is 5.91. The lowest BCUT2D eigenvalue weighted by atomic mass is 9.97. The largest absolute Gasteiger partial charge is 0.480 e. The molecule has 1 saturated carbocycles. The number of hydrogen-bond acceptors (Lipinski definition) is 4. The summed E-state index contributed by atoms with van der Waals surface area (Å²) in [6.07, 6.45) is 7.26. The van der Waals surface area contributed by atoms with Crippen LogP contribution in [0.15, 0.2) is 18.7 Å². The minimum Gasteiger partial charge on any atom is -0.480 e. The second kappa shape index (κ2) is 5.12. The number of nitrogens with zero attached hydrogens (tertiary/aromatic N) is 2. The van der Waals surface area contributed by atoms with Crippen LogP contribution in [0.2, 0.25) is 0 Å². The summed E-state index contributed by atoms with van der Waals surface area (Å²) in [5, 5.41) is 11.9. The Hall–Kier alpha value is -1.98. The number of aliphatic carboxylic acids is 1. The highest BCUT2D eigenvalue weighted by Gasteiger charge is 2.42. The quantitative estimate of drug-likeness (QED) is 0.812. The van der Waals surface area contributed by atoms with E-state index >= 15 is 0 Å². The Morgan fingerprint density at radius 3 is 2.44 bits per heavy atom. The number of carbonyl (C=O) groups is 2. The van der Waals surface area contributed by atoms with Gasteiger partial charge in [-0.15, -0.1) is 0 Å². The van der Waals surface area contributed by atoms with Gasteiger partial charge in [0.1, 0.15) is 11.9 Å². The zero-order valence-corrected chi connectivity index (χ0v) is 9.93. The van der Waals surface area contributed by atoms with Gasteiger partial charge in [-0.05, 0) is 18.4 Å². The average Bonchev–Trinajstić information content (AvgIpc) is 2.80. The summed E-state index contributed by atoms with van der Waals surface area (Å²) < 4.78 is 0. The maximum atomic E-state index is 11.8. The predicted octanol–water partition coefficient (Wildman–Crippen LogP) is 0.533. The van der Waals surface area contributed by atoms with Crippen LogP contribution in [0.3, 0.4) is 0 Å². The van der Waals surface area contributed by atoms with Crippen LogP contribution in [0.1, 0.15) is 31.2 Å². The van der Waals surface area contributed by atoms with E-state index in [0.29, 0.717) is 18.4 Å². The summed E-state index contributed by atoms with van der Waals surface area (Å²) in [4.78, 5) is 30.7. The topological polar surface area (TPSA) is 92.2 Å². The number of nitrogens with one attached hydrogen (secondary N) is 1. The summed E-state index contributed by atoms with van der Waals surface area (Å²) in [7, 11) is 0. The fourth-order valence-corrected chi connectivity index (χ4v) is 2.29. The van der Waals surface area contributed by atoms with Crippen molar-refractivity contribution in [3.63, 3.8) is 0 Å². The molecule has 1 fully saturated rings. The molecule has 1 aromatic rings. The van der Waals surface area contributed by atoms with Gasteiger partial charge in [0.15, 0.2) is 0 Å². The SMILES string of the molecule is O=C(Cc1cncnc1)NC1(C(=O)O)CCCC1. The van der Waals surface area contributed by atoms with E-state index in [1.807, 2.05) is 0 Å². The smallest absolute Gasteiger partial charge is 0.329 e. The van der Waals surface area contributed by atoms with E-state index in [1.165, 1.54) is 6.33 Å². The number of rotatable bonds is 4. The van der Waals surface area contributed by atoms with Gasteiger partial charge in [-0.2, -0.15) is 0 Å². The molecular formula is C12H15N3O3. The number of amides is 1. The molecule has 1 aliphatic rings. The summed E-state index contributed by atoms with van der Waals surface area (Å²) in [6.45, 7) is 0. The Morgan fingerprint density at radius 1 is 1.28 bits per heavy atom. The molecular weight excluding hydrogens is 234 g/mol. The molecule has 1 amide bonds. The molecule has 18 heavy (non-hydrogen) atoms. The minimum absolute atomic E-state index is 0.107. The Morgan fingerprint density at radius 2 is 1.89 bits per heavy atom. The lowest BCUT2D eigenvalue weighted by molar-refractivity contribution is -0.147. The van der Waals surface area contributed by atoms with Gasteiger partial charge in [0, 0.05) is 12.4 Å². The molecule has 0 unspecified atom stereocenters. The Labute approximate surface area is 104 Å². The number of carbonyl (C=O) groups excluding carboxylic acids is 1. The molecule has 2 rings (SSSR count). The second-order valence-corrected chi connectivity index (χ2v) is 4.57. The van der Waals surface area contributed by atoms with E-state index in [4.69, 9.17) is 0 Å². The zero-order chi connectivity index (χ0) is 13.0. The molecule has 0 aliphatic heterocycles. The Kier molecular flexibility index (Phi) is 3.55. The lowest BCUT2D eigenvalue weighted by Gasteiger charge is -2.25. The number of carboxylic acids is 1. The third-order valence-electron chi connectivity index (χ3n) is 3.22. The van der Waals surface area contributed by atoms with Crippen LogP contribution >= 0.6 is 0 Å². The van der Waals surface area contributed by atoms with Gasteiger partial charge >= 0.3 is 5.97 Å². The van der Waals surface area contributed by atoms with E-state index < -0.39 is 11.5 Å². The van der Waals surface area contributed by atoms with Crippen molar-refractivity contribution < 1.29 is 14.7 Å². The van der Waals surface area contributed by atoms with Crippen LogP contribution in [-0.4, -0.2) is 32.5 Å². The summed E-state index contributed by atoms with van der Waals surface area (Å²) in [5.74, 6) is -1.24. The first kappa shape index (κ1) is 12.5. The molecule has 1 heterocycles. The van der Waals surface area contributed by atoms with Crippen molar-refractivity contribution in [3.05, 3.63) is 24.3 Å². The first-order chi connectivity index (χ1) is 8.62. The molecule has 0 atom stereocenters. The standard InChI is InChI=1S/C12H15N3O3/c16-10(5-9-6-13-8-14-7-9)15-12(11(17)18)3-1-2-4-12/h6-8H,1-5H2,(H,15,16)(H,17,18). The third-order valence-corrected chi connectivity index (χ3v) is 3.22. The van der Waals surface area contributed by atoms with Crippen LogP contribution in [0.25, 0.3) is 0 Å². The third kappa shape index (κ3) is 2.64.